The van der Waals surface area contributed by atoms with Gasteiger partial charge in [0, 0.05) is 25.4 Å². The maximum atomic E-state index is 13.4. The monoisotopic (exact) mass is 526 g/mol. The van der Waals surface area contributed by atoms with E-state index in [4.69, 9.17) is 9.84 Å². The highest BCUT2D eigenvalue weighted by Crippen LogP contribution is 2.36. The molecule has 0 aromatic carbocycles. The standard InChI is InChI=1S/C23H29F3N6O5/c1-12-7-17(21(35)28-13(2)23(24,25)26)29-20-19(12)31-6-4-14(9-31)32(20)22(36)30-18-8-16(3-5-27-18)37-11-15(34)10-33/h3,5,7-8,13-15,17,29,33-34H,4,6,9-11H2,1-2H3,(H,28,35)(H,27,30,36)/t13-,14?,15-,17?/m1/s1. The van der Waals surface area contributed by atoms with Gasteiger partial charge in [0.25, 0.3) is 0 Å². The van der Waals surface area contributed by atoms with Crippen LogP contribution in [0.15, 0.2) is 41.5 Å². The van der Waals surface area contributed by atoms with Gasteiger partial charge >= 0.3 is 12.2 Å². The predicted molar refractivity (Wildman–Crippen MR) is 125 cm³/mol. The molecule has 202 valence electrons. The lowest BCUT2D eigenvalue weighted by Gasteiger charge is -2.42. The van der Waals surface area contributed by atoms with Crippen molar-refractivity contribution in [3.63, 3.8) is 0 Å². The lowest BCUT2D eigenvalue weighted by Crippen LogP contribution is -2.57. The molecular weight excluding hydrogens is 497 g/mol. The second-order valence-corrected chi connectivity index (χ2v) is 9.15. The summed E-state index contributed by atoms with van der Waals surface area (Å²) in [5.74, 6) is -0.0430. The molecule has 1 aromatic heterocycles. The number of aromatic nitrogens is 1. The highest BCUT2D eigenvalue weighted by atomic mass is 19.4. The Kier molecular flexibility index (Phi) is 7.50. The molecule has 0 aliphatic carbocycles. The van der Waals surface area contributed by atoms with Crippen molar-refractivity contribution >= 4 is 17.8 Å². The van der Waals surface area contributed by atoms with Gasteiger partial charge in [-0.2, -0.15) is 13.2 Å². The summed E-state index contributed by atoms with van der Waals surface area (Å²) >= 11 is 0. The number of aliphatic hydroxyl groups is 2. The number of carbonyl (C=O) groups is 2. The van der Waals surface area contributed by atoms with E-state index < -0.39 is 42.9 Å². The Morgan fingerprint density at radius 2 is 2.14 bits per heavy atom. The van der Waals surface area contributed by atoms with Crippen molar-refractivity contribution in [2.75, 3.05) is 31.6 Å². The molecule has 4 rings (SSSR count). The van der Waals surface area contributed by atoms with Crippen molar-refractivity contribution < 1.29 is 37.7 Å². The Balaban J connectivity index is 1.53. The number of nitrogens with one attached hydrogen (secondary N) is 3. The molecule has 2 bridgehead atoms. The number of hydrogen-bond donors (Lipinski definition) is 5. The lowest BCUT2D eigenvalue weighted by atomic mass is 10.0. The number of fused-ring (bicyclic) bond motifs is 3. The molecule has 1 aromatic rings. The highest BCUT2D eigenvalue weighted by Gasteiger charge is 2.45. The van der Waals surface area contributed by atoms with Crippen LogP contribution in [0.3, 0.4) is 0 Å². The number of amides is 3. The summed E-state index contributed by atoms with van der Waals surface area (Å²) in [5, 5.41) is 26.0. The third kappa shape index (κ3) is 5.74. The first-order valence-electron chi connectivity index (χ1n) is 11.8. The number of dihydropyridines is 1. The van der Waals surface area contributed by atoms with E-state index in [2.05, 4.69) is 20.5 Å². The summed E-state index contributed by atoms with van der Waals surface area (Å²) in [5.41, 5.74) is 1.38. The summed E-state index contributed by atoms with van der Waals surface area (Å²) in [6, 6.07) is -0.923. The van der Waals surface area contributed by atoms with Crippen LogP contribution in [-0.2, 0) is 4.79 Å². The first kappa shape index (κ1) is 26.5. The van der Waals surface area contributed by atoms with Gasteiger partial charge in [-0.3, -0.25) is 15.0 Å². The largest absolute Gasteiger partial charge is 0.491 e. The minimum absolute atomic E-state index is 0.153. The van der Waals surface area contributed by atoms with E-state index in [1.807, 2.05) is 5.32 Å². The fourth-order valence-electron chi connectivity index (χ4n) is 4.47. The second-order valence-electron chi connectivity index (χ2n) is 9.15. The van der Waals surface area contributed by atoms with Gasteiger partial charge in [0.15, 0.2) is 0 Å². The first-order valence-corrected chi connectivity index (χ1v) is 11.8. The van der Waals surface area contributed by atoms with Crippen molar-refractivity contribution in [2.45, 2.75) is 50.7 Å². The number of ether oxygens (including phenoxy) is 1. The minimum atomic E-state index is -4.59. The summed E-state index contributed by atoms with van der Waals surface area (Å²) in [6.07, 6.45) is -2.03. The molecule has 4 heterocycles. The number of allylic oxidation sites excluding steroid dienone is 1. The number of aliphatic hydroxyl groups excluding tert-OH is 2. The van der Waals surface area contributed by atoms with Gasteiger partial charge in [-0.15, -0.1) is 0 Å². The molecule has 1 saturated heterocycles. The van der Waals surface area contributed by atoms with E-state index in [-0.39, 0.29) is 18.5 Å². The second kappa shape index (κ2) is 10.5. The predicted octanol–water partition coefficient (Wildman–Crippen LogP) is 0.890. The van der Waals surface area contributed by atoms with Gasteiger partial charge in [-0.1, -0.05) is 0 Å². The van der Waals surface area contributed by atoms with Crippen molar-refractivity contribution in [1.29, 1.82) is 0 Å². The summed E-state index contributed by atoms with van der Waals surface area (Å²) < 4.78 is 44.3. The normalized spacial score (nSPS) is 22.5. The third-order valence-electron chi connectivity index (χ3n) is 6.36. The van der Waals surface area contributed by atoms with Crippen LogP contribution in [0, 0.1) is 0 Å². The fourth-order valence-corrected chi connectivity index (χ4v) is 4.47. The number of rotatable bonds is 7. The van der Waals surface area contributed by atoms with Crippen LogP contribution < -0.4 is 20.7 Å². The minimum Gasteiger partial charge on any atom is -0.491 e. The Hall–Kier alpha value is -3.52. The maximum absolute atomic E-state index is 13.4. The summed E-state index contributed by atoms with van der Waals surface area (Å²) in [6.45, 7) is 3.24. The molecule has 37 heavy (non-hydrogen) atoms. The maximum Gasteiger partial charge on any atom is 0.408 e. The molecular formula is C23H29F3N6O5. The van der Waals surface area contributed by atoms with E-state index in [1.165, 1.54) is 23.2 Å². The van der Waals surface area contributed by atoms with Gasteiger partial charge < -0.3 is 30.5 Å². The molecule has 0 radical (unpaired) electrons. The van der Waals surface area contributed by atoms with Crippen molar-refractivity contribution in [3.8, 4) is 5.75 Å². The smallest absolute Gasteiger partial charge is 0.408 e. The molecule has 3 aliphatic rings. The number of alkyl halides is 3. The van der Waals surface area contributed by atoms with Gasteiger partial charge in [0.05, 0.1) is 18.3 Å². The quantitative estimate of drug-likeness (QED) is 0.353. The molecule has 0 spiro atoms. The van der Waals surface area contributed by atoms with Gasteiger partial charge in [-0.25, -0.2) is 9.78 Å². The zero-order valence-corrected chi connectivity index (χ0v) is 20.2. The number of carbonyl (C=O) groups excluding carboxylic acids is 2. The number of halogens is 3. The van der Waals surface area contributed by atoms with E-state index in [0.29, 0.717) is 42.4 Å². The molecule has 3 aliphatic heterocycles. The van der Waals surface area contributed by atoms with E-state index in [9.17, 15) is 27.9 Å². The Labute approximate surface area is 211 Å². The zero-order valence-electron chi connectivity index (χ0n) is 20.2. The Morgan fingerprint density at radius 1 is 1.38 bits per heavy atom. The lowest BCUT2D eigenvalue weighted by molar-refractivity contribution is -0.158. The van der Waals surface area contributed by atoms with Gasteiger partial charge in [0.1, 0.15) is 42.2 Å². The number of anilines is 1. The van der Waals surface area contributed by atoms with Gasteiger partial charge in [-0.05, 0) is 38.0 Å². The van der Waals surface area contributed by atoms with E-state index in [0.717, 1.165) is 6.92 Å². The van der Waals surface area contributed by atoms with Crippen molar-refractivity contribution in [3.05, 3.63) is 41.5 Å². The van der Waals surface area contributed by atoms with Crippen LogP contribution in [-0.4, -0.2) is 93.6 Å². The Morgan fingerprint density at radius 3 is 2.84 bits per heavy atom. The number of hydrogen-bond acceptors (Lipinski definition) is 8. The number of pyridine rings is 1. The van der Waals surface area contributed by atoms with Gasteiger partial charge in [0.2, 0.25) is 5.91 Å². The average Bonchev–Trinajstić information content (AvgIpc) is 3.24. The topological polar surface area (TPSA) is 139 Å². The SMILES string of the molecule is CC1=CC(C(=O)N[C@H](C)C(F)(F)F)NC2=C1N1CCC(C1)N2C(=O)Nc1cc(OC[C@H](O)CO)ccn1. The number of urea groups is 1. The van der Waals surface area contributed by atoms with Crippen LogP contribution in [0.25, 0.3) is 0 Å². The molecule has 2 unspecified atom stereocenters. The molecule has 3 amide bonds. The Bertz CT molecular complexity index is 1110. The fraction of sp³-hybridized carbons (Fsp3) is 0.522. The highest BCUT2D eigenvalue weighted by molar-refractivity contribution is 5.91. The van der Waals surface area contributed by atoms with Crippen LogP contribution >= 0.6 is 0 Å². The molecule has 5 N–H and O–H groups in total. The van der Waals surface area contributed by atoms with Crippen LogP contribution in [0.2, 0.25) is 0 Å². The summed E-state index contributed by atoms with van der Waals surface area (Å²) in [4.78, 5) is 33.8. The third-order valence-corrected chi connectivity index (χ3v) is 6.36. The zero-order chi connectivity index (χ0) is 26.9. The number of nitrogens with zero attached hydrogens (tertiary/aromatic N) is 3. The molecule has 1 fully saturated rings. The van der Waals surface area contributed by atoms with E-state index in [1.54, 1.807) is 13.0 Å². The average molecular weight is 527 g/mol. The van der Waals surface area contributed by atoms with Crippen molar-refractivity contribution in [1.82, 2.24) is 25.4 Å². The summed E-state index contributed by atoms with van der Waals surface area (Å²) in [7, 11) is 0. The van der Waals surface area contributed by atoms with Crippen molar-refractivity contribution in [2.24, 2.45) is 0 Å². The molecule has 4 atom stereocenters. The molecule has 11 nitrogen and oxygen atoms in total. The van der Waals surface area contributed by atoms with Crippen LogP contribution in [0.4, 0.5) is 23.8 Å². The van der Waals surface area contributed by atoms with Crippen LogP contribution in [0.1, 0.15) is 20.3 Å². The van der Waals surface area contributed by atoms with Crippen LogP contribution in [0.5, 0.6) is 5.75 Å². The van der Waals surface area contributed by atoms with E-state index >= 15 is 0 Å². The molecule has 14 heteroatoms. The first-order chi connectivity index (χ1) is 17.5. The molecule has 0 saturated carbocycles.